The molecule has 0 atom stereocenters. The zero-order valence-electron chi connectivity index (χ0n) is 12.0. The fourth-order valence-corrected chi connectivity index (χ4v) is 1.98. The molecular weight excluding hydrogens is 308 g/mol. The quantitative estimate of drug-likeness (QED) is 0.750. The largest absolute Gasteiger partial charge is 0.506 e. The van der Waals surface area contributed by atoms with Crippen LogP contribution in [0.1, 0.15) is 0 Å². The van der Waals surface area contributed by atoms with Crippen molar-refractivity contribution in [1.82, 2.24) is 0 Å². The molecular formula is C15H15ClN2O4. The summed E-state index contributed by atoms with van der Waals surface area (Å²) in [6.07, 6.45) is 0. The molecule has 7 heteroatoms. The molecule has 0 aliphatic carbocycles. The van der Waals surface area contributed by atoms with Gasteiger partial charge in [0.25, 0.3) is 0 Å². The zero-order chi connectivity index (χ0) is 16.1. The molecule has 0 heterocycles. The first kappa shape index (κ1) is 15.8. The van der Waals surface area contributed by atoms with Gasteiger partial charge in [0.1, 0.15) is 5.75 Å². The van der Waals surface area contributed by atoms with Gasteiger partial charge < -0.3 is 25.2 Å². The second kappa shape index (κ2) is 6.91. The van der Waals surface area contributed by atoms with Crippen LogP contribution in [0.2, 0.25) is 5.02 Å². The number of rotatable bonds is 4. The number of urea groups is 1. The summed E-state index contributed by atoms with van der Waals surface area (Å²) in [5.41, 5.74) is 0.724. The van der Waals surface area contributed by atoms with Crippen molar-refractivity contribution in [3.63, 3.8) is 0 Å². The van der Waals surface area contributed by atoms with Crippen LogP contribution in [0.3, 0.4) is 0 Å². The van der Waals surface area contributed by atoms with Crippen molar-refractivity contribution >= 4 is 29.0 Å². The topological polar surface area (TPSA) is 79.8 Å². The van der Waals surface area contributed by atoms with Gasteiger partial charge in [0.05, 0.1) is 19.9 Å². The molecule has 0 saturated carbocycles. The van der Waals surface area contributed by atoms with Gasteiger partial charge in [-0.1, -0.05) is 11.6 Å². The highest BCUT2D eigenvalue weighted by Crippen LogP contribution is 2.30. The summed E-state index contributed by atoms with van der Waals surface area (Å²) in [7, 11) is 3.03. The van der Waals surface area contributed by atoms with Crippen LogP contribution in [0.4, 0.5) is 16.2 Å². The van der Waals surface area contributed by atoms with Crippen LogP contribution in [0.25, 0.3) is 0 Å². The summed E-state index contributed by atoms with van der Waals surface area (Å²) in [4.78, 5) is 12.0. The third kappa shape index (κ3) is 3.73. The van der Waals surface area contributed by atoms with E-state index in [0.29, 0.717) is 22.2 Å². The van der Waals surface area contributed by atoms with E-state index in [1.165, 1.54) is 32.4 Å². The van der Waals surface area contributed by atoms with Crippen LogP contribution in [0.15, 0.2) is 36.4 Å². The molecule has 0 unspecified atom stereocenters. The minimum atomic E-state index is -0.523. The van der Waals surface area contributed by atoms with E-state index in [9.17, 15) is 9.90 Å². The molecule has 0 bridgehead atoms. The van der Waals surface area contributed by atoms with Crippen molar-refractivity contribution in [3.05, 3.63) is 41.4 Å². The fraction of sp³-hybridized carbons (Fsp3) is 0.133. The Bertz CT molecular complexity index is 691. The number of benzene rings is 2. The molecule has 116 valence electrons. The van der Waals surface area contributed by atoms with Gasteiger partial charge >= 0.3 is 6.03 Å². The van der Waals surface area contributed by atoms with Crippen molar-refractivity contribution in [2.75, 3.05) is 24.9 Å². The molecule has 3 N–H and O–H groups in total. The van der Waals surface area contributed by atoms with Crippen molar-refractivity contribution in [1.29, 1.82) is 0 Å². The lowest BCUT2D eigenvalue weighted by atomic mass is 10.2. The Kier molecular flexibility index (Phi) is 4.95. The summed E-state index contributed by atoms with van der Waals surface area (Å²) in [6.45, 7) is 0. The Hall–Kier alpha value is -2.60. The summed E-state index contributed by atoms with van der Waals surface area (Å²) < 4.78 is 10.3. The Morgan fingerprint density at radius 1 is 1.05 bits per heavy atom. The van der Waals surface area contributed by atoms with Crippen LogP contribution in [-0.4, -0.2) is 25.4 Å². The SMILES string of the molecule is COc1ccc(NC(=O)Nc2cc(Cl)ccc2O)cc1OC. The minimum Gasteiger partial charge on any atom is -0.506 e. The Morgan fingerprint density at radius 3 is 2.45 bits per heavy atom. The maximum atomic E-state index is 12.0. The fourth-order valence-electron chi connectivity index (χ4n) is 1.81. The van der Waals surface area contributed by atoms with Gasteiger partial charge in [0.15, 0.2) is 11.5 Å². The molecule has 0 saturated heterocycles. The van der Waals surface area contributed by atoms with Crippen LogP contribution in [-0.2, 0) is 0 Å². The third-order valence-electron chi connectivity index (χ3n) is 2.85. The lowest BCUT2D eigenvalue weighted by molar-refractivity contribution is 0.262. The van der Waals surface area contributed by atoms with Gasteiger partial charge in [0.2, 0.25) is 0 Å². The van der Waals surface area contributed by atoms with Crippen molar-refractivity contribution < 1.29 is 19.4 Å². The van der Waals surface area contributed by atoms with Crippen LogP contribution in [0.5, 0.6) is 17.2 Å². The Labute approximate surface area is 132 Å². The van der Waals surface area contributed by atoms with Crippen molar-refractivity contribution in [3.8, 4) is 17.2 Å². The van der Waals surface area contributed by atoms with Gasteiger partial charge in [-0.15, -0.1) is 0 Å². The highest BCUT2D eigenvalue weighted by Gasteiger charge is 2.09. The van der Waals surface area contributed by atoms with Gasteiger partial charge in [-0.05, 0) is 30.3 Å². The first-order chi connectivity index (χ1) is 10.5. The smallest absolute Gasteiger partial charge is 0.323 e. The molecule has 2 amide bonds. The Morgan fingerprint density at radius 2 is 1.77 bits per heavy atom. The molecule has 0 fully saturated rings. The minimum absolute atomic E-state index is 0.0770. The molecule has 0 aliphatic heterocycles. The third-order valence-corrected chi connectivity index (χ3v) is 3.08. The highest BCUT2D eigenvalue weighted by atomic mass is 35.5. The van der Waals surface area contributed by atoms with E-state index in [0.717, 1.165) is 0 Å². The van der Waals surface area contributed by atoms with Gasteiger partial charge in [-0.25, -0.2) is 4.79 Å². The maximum Gasteiger partial charge on any atom is 0.323 e. The molecule has 0 aliphatic rings. The molecule has 0 radical (unpaired) electrons. The van der Waals surface area contributed by atoms with E-state index in [1.54, 1.807) is 18.2 Å². The second-order valence-corrected chi connectivity index (χ2v) is 4.75. The van der Waals surface area contributed by atoms with E-state index < -0.39 is 6.03 Å². The molecule has 2 aromatic carbocycles. The number of methoxy groups -OCH3 is 2. The highest BCUT2D eigenvalue weighted by molar-refractivity contribution is 6.31. The summed E-state index contributed by atoms with van der Waals surface area (Å²) >= 11 is 5.82. The van der Waals surface area contributed by atoms with Crippen LogP contribution >= 0.6 is 11.6 Å². The number of nitrogens with one attached hydrogen (secondary N) is 2. The van der Waals surface area contributed by atoms with Crippen molar-refractivity contribution in [2.24, 2.45) is 0 Å². The first-order valence-electron chi connectivity index (χ1n) is 6.32. The lowest BCUT2D eigenvalue weighted by Crippen LogP contribution is -2.19. The number of carbonyl (C=O) groups is 1. The number of hydrogen-bond acceptors (Lipinski definition) is 4. The first-order valence-corrected chi connectivity index (χ1v) is 6.70. The standard InChI is InChI=1S/C15H15ClN2O4/c1-21-13-6-4-10(8-14(13)22-2)17-15(20)18-11-7-9(16)3-5-12(11)19/h3-8,19H,1-2H3,(H2,17,18,20). The molecule has 22 heavy (non-hydrogen) atoms. The summed E-state index contributed by atoms with van der Waals surface area (Å²) in [5, 5.41) is 15.2. The van der Waals surface area contributed by atoms with Crippen molar-refractivity contribution in [2.45, 2.75) is 0 Å². The second-order valence-electron chi connectivity index (χ2n) is 4.31. The number of aromatic hydroxyl groups is 1. The molecule has 0 aromatic heterocycles. The average molecular weight is 323 g/mol. The van der Waals surface area contributed by atoms with E-state index >= 15 is 0 Å². The molecule has 6 nitrogen and oxygen atoms in total. The number of amides is 2. The predicted octanol–water partition coefficient (Wildman–Crippen LogP) is 3.71. The number of hydrogen-bond donors (Lipinski definition) is 3. The van der Waals surface area contributed by atoms with Gasteiger partial charge in [0, 0.05) is 16.8 Å². The van der Waals surface area contributed by atoms with E-state index in [1.807, 2.05) is 0 Å². The van der Waals surface area contributed by atoms with E-state index in [-0.39, 0.29) is 11.4 Å². The maximum absolute atomic E-state index is 12.0. The summed E-state index contributed by atoms with van der Waals surface area (Å²) in [6, 6.07) is 8.80. The number of ether oxygens (including phenoxy) is 2. The number of phenols is 1. The predicted molar refractivity (Wildman–Crippen MR) is 85.3 cm³/mol. The number of halogens is 1. The van der Waals surface area contributed by atoms with Gasteiger partial charge in [-0.3, -0.25) is 0 Å². The average Bonchev–Trinajstić information content (AvgIpc) is 2.50. The monoisotopic (exact) mass is 322 g/mol. The lowest BCUT2D eigenvalue weighted by Gasteiger charge is -2.12. The van der Waals surface area contributed by atoms with Crippen LogP contribution < -0.4 is 20.1 Å². The molecule has 0 spiro atoms. The summed E-state index contributed by atoms with van der Waals surface area (Å²) in [5.74, 6) is 0.971. The van der Waals surface area contributed by atoms with Crippen LogP contribution in [0, 0.1) is 0 Å². The number of carbonyl (C=O) groups excluding carboxylic acids is 1. The molecule has 2 rings (SSSR count). The zero-order valence-corrected chi connectivity index (χ0v) is 12.8. The normalized spacial score (nSPS) is 9.95. The number of phenolic OH excluding ortho intramolecular Hbond substituents is 1. The van der Waals surface area contributed by atoms with E-state index in [4.69, 9.17) is 21.1 Å². The van der Waals surface area contributed by atoms with Gasteiger partial charge in [-0.2, -0.15) is 0 Å². The van der Waals surface area contributed by atoms with E-state index in [2.05, 4.69) is 10.6 Å². The Balaban J connectivity index is 2.10. The number of anilines is 2. The molecule has 2 aromatic rings.